The van der Waals surface area contributed by atoms with Gasteiger partial charge in [0.05, 0.1) is 79.5 Å². The standard InChI is InChI=1S/C53H51F3N2O9/c1-3-52-42(27-51(2,67-52)43-44(52)49(60)58(48(43)59)39-25-24-38(28-57)40(26-39)53(54,55)56)66-50-47(64-32-37-22-14-7-15-23-37)46(63-31-36-20-12-6-13-21-36)45(62-30-35-18-10-5-11-19-35)41(65-50)33-61-29-34-16-8-4-9-17-34/h4-26,41-47,50H,3,27,29-33H2,1-2H3/t41-,42-,43+,44-,45-,46+,47-,50-,51?,52?/m1/s1. The molecule has 2 amide bonds. The first-order valence-electron chi connectivity index (χ1n) is 22.5. The van der Waals surface area contributed by atoms with Crippen LogP contribution in [0.15, 0.2) is 140 Å². The normalized spacial score (nSPS) is 29.0. The van der Waals surface area contributed by atoms with Crippen molar-refractivity contribution >= 4 is 17.5 Å². The number of nitriles is 1. The molecule has 14 heteroatoms. The van der Waals surface area contributed by atoms with E-state index in [9.17, 15) is 28.0 Å². The Morgan fingerprint density at radius 1 is 0.701 bits per heavy atom. The summed E-state index contributed by atoms with van der Waals surface area (Å²) >= 11 is 0. The summed E-state index contributed by atoms with van der Waals surface area (Å²) in [6.07, 6.45) is -9.85. The third-order valence-corrected chi connectivity index (χ3v) is 13.4. The Bertz CT molecular complexity index is 2550. The quantitative estimate of drug-likeness (QED) is 0.0835. The van der Waals surface area contributed by atoms with E-state index in [4.69, 9.17) is 33.2 Å². The molecule has 67 heavy (non-hydrogen) atoms. The Labute approximate surface area is 387 Å². The number of alkyl halides is 3. The lowest BCUT2D eigenvalue weighted by Gasteiger charge is -2.48. The summed E-state index contributed by atoms with van der Waals surface area (Å²) in [5, 5.41) is 9.45. The zero-order valence-electron chi connectivity index (χ0n) is 37.1. The van der Waals surface area contributed by atoms with Gasteiger partial charge in [0.1, 0.15) is 30.0 Å². The molecule has 4 aliphatic rings. The number of hydrogen-bond acceptors (Lipinski definition) is 10. The van der Waals surface area contributed by atoms with E-state index in [1.807, 2.05) is 128 Å². The molecule has 0 aromatic heterocycles. The van der Waals surface area contributed by atoms with Gasteiger partial charge >= 0.3 is 6.18 Å². The predicted molar refractivity (Wildman–Crippen MR) is 237 cm³/mol. The van der Waals surface area contributed by atoms with E-state index in [0.29, 0.717) is 6.07 Å². The summed E-state index contributed by atoms with van der Waals surface area (Å²) in [6.45, 7) is 4.49. The van der Waals surface area contributed by atoms with E-state index in [1.54, 1.807) is 13.0 Å². The fraction of sp³-hybridized carbons (Fsp3) is 0.377. The van der Waals surface area contributed by atoms with Crippen LogP contribution in [-0.2, 0) is 75.4 Å². The van der Waals surface area contributed by atoms with Crippen LogP contribution in [0.4, 0.5) is 18.9 Å². The van der Waals surface area contributed by atoms with Crippen LogP contribution >= 0.6 is 0 Å². The third-order valence-electron chi connectivity index (χ3n) is 13.4. The number of ether oxygens (including phenoxy) is 7. The number of nitrogens with zero attached hydrogens (tertiary/aromatic N) is 2. The van der Waals surface area contributed by atoms with Crippen molar-refractivity contribution in [3.63, 3.8) is 0 Å². The average Bonchev–Trinajstić information content (AvgIpc) is 3.91. The van der Waals surface area contributed by atoms with E-state index in [0.717, 1.165) is 33.2 Å². The molecule has 2 bridgehead atoms. The molecular formula is C53H51F3N2O9. The van der Waals surface area contributed by atoms with E-state index in [1.165, 1.54) is 6.07 Å². The van der Waals surface area contributed by atoms with Crippen molar-refractivity contribution in [3.05, 3.63) is 173 Å². The second kappa shape index (κ2) is 19.5. The lowest BCUT2D eigenvalue weighted by molar-refractivity contribution is -0.342. The van der Waals surface area contributed by atoms with Crippen LogP contribution in [0.1, 0.15) is 60.1 Å². The number of amides is 2. The largest absolute Gasteiger partial charge is 0.417 e. The number of benzene rings is 5. The molecule has 4 saturated heterocycles. The Morgan fingerprint density at radius 2 is 1.21 bits per heavy atom. The zero-order chi connectivity index (χ0) is 46.8. The minimum absolute atomic E-state index is 0.0692. The molecule has 11 nitrogen and oxygen atoms in total. The SMILES string of the molecule is CCC12OC(C)(C[C@H]1O[C@H]1O[C@H](COCc3ccccc3)[C@@H](OCc3ccccc3)[C@H](OCc3ccccc3)[C@H]1OCc1ccccc1)[C@@H]1C(=O)N(c3ccc(C#N)c(C(F)(F)F)c3)C(=O)[C@@H]12. The third kappa shape index (κ3) is 9.30. The first-order valence-corrected chi connectivity index (χ1v) is 22.5. The highest BCUT2D eigenvalue weighted by molar-refractivity contribution is 6.23. The first-order chi connectivity index (χ1) is 32.4. The molecule has 4 heterocycles. The van der Waals surface area contributed by atoms with Crippen molar-refractivity contribution in [2.24, 2.45) is 11.8 Å². The summed E-state index contributed by atoms with van der Waals surface area (Å²) in [6, 6.07) is 43.3. The number of imide groups is 1. The summed E-state index contributed by atoms with van der Waals surface area (Å²) in [7, 11) is 0. The fourth-order valence-corrected chi connectivity index (χ4v) is 10.3. The van der Waals surface area contributed by atoms with Gasteiger partial charge in [0.15, 0.2) is 6.29 Å². The number of anilines is 1. The van der Waals surface area contributed by atoms with Gasteiger partial charge in [0.2, 0.25) is 11.8 Å². The van der Waals surface area contributed by atoms with Crippen molar-refractivity contribution in [2.75, 3.05) is 11.5 Å². The minimum atomic E-state index is -4.90. The molecule has 5 aromatic carbocycles. The van der Waals surface area contributed by atoms with Crippen molar-refractivity contribution in [2.45, 2.75) is 107 Å². The van der Waals surface area contributed by atoms with Gasteiger partial charge in [-0.1, -0.05) is 128 Å². The lowest BCUT2D eigenvalue weighted by Crippen LogP contribution is -2.63. The molecular weight excluding hydrogens is 866 g/mol. The lowest BCUT2D eigenvalue weighted by atomic mass is 9.66. The second-order valence-electron chi connectivity index (χ2n) is 17.7. The molecule has 9 rings (SSSR count). The molecule has 348 valence electrons. The highest BCUT2D eigenvalue weighted by atomic mass is 19.4. The fourth-order valence-electron chi connectivity index (χ4n) is 10.3. The molecule has 5 aromatic rings. The molecule has 0 spiro atoms. The van der Waals surface area contributed by atoms with E-state index in [-0.39, 0.29) is 51.6 Å². The van der Waals surface area contributed by atoms with Crippen LogP contribution in [0.3, 0.4) is 0 Å². The molecule has 0 saturated carbocycles. The smallest absolute Gasteiger partial charge is 0.374 e. The number of carbonyl (C=O) groups excluding carboxylic acids is 2. The second-order valence-corrected chi connectivity index (χ2v) is 17.7. The predicted octanol–water partition coefficient (Wildman–Crippen LogP) is 9.11. The van der Waals surface area contributed by atoms with Crippen molar-refractivity contribution in [1.29, 1.82) is 5.26 Å². The number of rotatable bonds is 17. The van der Waals surface area contributed by atoms with Gasteiger partial charge in [-0.05, 0) is 53.8 Å². The minimum Gasteiger partial charge on any atom is -0.374 e. The van der Waals surface area contributed by atoms with Gasteiger partial charge in [0.25, 0.3) is 0 Å². The average molecular weight is 917 g/mol. The summed E-state index contributed by atoms with van der Waals surface area (Å²) < 4.78 is 90.3. The Hall–Kier alpha value is -5.76. The van der Waals surface area contributed by atoms with Crippen LogP contribution in [0.25, 0.3) is 0 Å². The maximum Gasteiger partial charge on any atom is 0.417 e. The van der Waals surface area contributed by atoms with E-state index in [2.05, 4.69) is 0 Å². The van der Waals surface area contributed by atoms with Crippen molar-refractivity contribution in [3.8, 4) is 6.07 Å². The first kappa shape index (κ1) is 46.4. The maximum atomic E-state index is 14.7. The zero-order valence-corrected chi connectivity index (χ0v) is 37.1. The molecule has 4 fully saturated rings. The number of hydrogen-bond donors (Lipinski definition) is 0. The van der Waals surface area contributed by atoms with E-state index < -0.39 is 89.0 Å². The number of fused-ring (bicyclic) bond motifs is 5. The van der Waals surface area contributed by atoms with Gasteiger partial charge in [-0.25, -0.2) is 4.90 Å². The van der Waals surface area contributed by atoms with Crippen LogP contribution < -0.4 is 4.90 Å². The topological polar surface area (TPSA) is 126 Å². The Balaban J connectivity index is 1.07. The van der Waals surface area contributed by atoms with Crippen LogP contribution in [0, 0.1) is 23.2 Å². The van der Waals surface area contributed by atoms with Gasteiger partial charge in [0, 0.05) is 6.42 Å². The maximum absolute atomic E-state index is 14.7. The summed E-state index contributed by atoms with van der Waals surface area (Å²) in [5.74, 6) is -3.51. The molecule has 0 radical (unpaired) electrons. The monoisotopic (exact) mass is 916 g/mol. The van der Waals surface area contributed by atoms with Gasteiger partial charge in [-0.3, -0.25) is 9.59 Å². The summed E-state index contributed by atoms with van der Waals surface area (Å²) in [4.78, 5) is 29.8. The van der Waals surface area contributed by atoms with Gasteiger partial charge in [-0.2, -0.15) is 18.4 Å². The highest BCUT2D eigenvalue weighted by Gasteiger charge is 2.77. The number of carbonyl (C=O) groups is 2. The molecule has 2 unspecified atom stereocenters. The van der Waals surface area contributed by atoms with Crippen LogP contribution in [-0.4, -0.2) is 66.4 Å². The Morgan fingerprint density at radius 3 is 1.73 bits per heavy atom. The van der Waals surface area contributed by atoms with Gasteiger partial charge < -0.3 is 33.2 Å². The van der Waals surface area contributed by atoms with E-state index >= 15 is 0 Å². The van der Waals surface area contributed by atoms with Crippen molar-refractivity contribution < 1.29 is 55.9 Å². The molecule has 0 aliphatic carbocycles. The van der Waals surface area contributed by atoms with Gasteiger partial charge in [-0.15, -0.1) is 0 Å². The van der Waals surface area contributed by atoms with Crippen LogP contribution in [0.5, 0.6) is 0 Å². The molecule has 4 aliphatic heterocycles. The molecule has 0 N–H and O–H groups in total. The highest BCUT2D eigenvalue weighted by Crippen LogP contribution is 2.63. The Kier molecular flexibility index (Phi) is 13.5. The van der Waals surface area contributed by atoms with Crippen molar-refractivity contribution in [1.82, 2.24) is 0 Å². The molecule has 10 atom stereocenters. The van der Waals surface area contributed by atoms with Crippen LogP contribution in [0.2, 0.25) is 0 Å². The number of halogens is 3. The summed E-state index contributed by atoms with van der Waals surface area (Å²) in [5.41, 5.74) is -1.09.